The van der Waals surface area contributed by atoms with E-state index in [1.807, 2.05) is 36.4 Å². The number of aromatic nitrogens is 2. The van der Waals surface area contributed by atoms with Crippen LogP contribution in [-0.2, 0) is 23.1 Å². The molecule has 0 bridgehead atoms. The first-order valence-electron chi connectivity index (χ1n) is 10.7. The van der Waals surface area contributed by atoms with E-state index in [0.717, 1.165) is 28.3 Å². The number of amides is 2. The van der Waals surface area contributed by atoms with Crippen molar-refractivity contribution >= 4 is 18.0 Å². The van der Waals surface area contributed by atoms with Gasteiger partial charge in [0.1, 0.15) is 12.3 Å². The Morgan fingerprint density at radius 1 is 1.06 bits per heavy atom. The molecule has 3 N–H and O–H groups in total. The number of hydrogen-bond acceptors (Lipinski definition) is 5. The van der Waals surface area contributed by atoms with E-state index < -0.39 is 18.0 Å². The molecule has 0 radical (unpaired) electrons. The Bertz CT molecular complexity index is 1220. The average Bonchev–Trinajstić information content (AvgIpc) is 3.36. The molecule has 1 aliphatic carbocycles. The molecule has 0 unspecified atom stereocenters. The van der Waals surface area contributed by atoms with Crippen LogP contribution in [0.5, 0.6) is 0 Å². The number of aliphatic carboxylic acids is 1. The van der Waals surface area contributed by atoms with Crippen molar-refractivity contribution in [1.82, 2.24) is 20.4 Å². The Balaban J connectivity index is 1.35. The van der Waals surface area contributed by atoms with Crippen LogP contribution in [0, 0.1) is 0 Å². The van der Waals surface area contributed by atoms with Gasteiger partial charge in [-0.25, -0.2) is 9.59 Å². The molecule has 2 amide bonds. The van der Waals surface area contributed by atoms with Gasteiger partial charge < -0.3 is 20.5 Å². The van der Waals surface area contributed by atoms with E-state index in [9.17, 15) is 14.4 Å². The Morgan fingerprint density at radius 3 is 2.35 bits per heavy atom. The normalized spacial score (nSPS) is 12.3. The van der Waals surface area contributed by atoms with Crippen LogP contribution < -0.4 is 10.6 Å². The van der Waals surface area contributed by atoms with Gasteiger partial charge in [-0.3, -0.25) is 9.48 Å². The largest absolute Gasteiger partial charge is 0.478 e. The number of carboxylic acids is 1. The number of alkyl carbamates (subject to hydrolysis) is 1. The molecule has 9 heteroatoms. The molecule has 3 aromatic rings. The summed E-state index contributed by atoms with van der Waals surface area (Å²) in [5.74, 6) is -1.57. The maximum atomic E-state index is 12.5. The molecule has 1 aliphatic rings. The number of ether oxygens (including phenoxy) is 1. The Kier molecular flexibility index (Phi) is 6.72. The maximum Gasteiger partial charge on any atom is 0.407 e. The van der Waals surface area contributed by atoms with Crippen LogP contribution in [0.4, 0.5) is 4.79 Å². The van der Waals surface area contributed by atoms with Crippen molar-refractivity contribution in [3.05, 3.63) is 89.3 Å². The molecular formula is C25H24N4O5. The molecule has 0 saturated heterocycles. The van der Waals surface area contributed by atoms with Crippen LogP contribution in [0.1, 0.15) is 33.1 Å². The lowest BCUT2D eigenvalue weighted by Gasteiger charge is -2.14. The second kappa shape index (κ2) is 10.0. The van der Waals surface area contributed by atoms with Gasteiger partial charge in [0.2, 0.25) is 0 Å². The number of carbonyl (C=O) groups is 3. The van der Waals surface area contributed by atoms with Crippen molar-refractivity contribution in [3.8, 4) is 11.1 Å². The van der Waals surface area contributed by atoms with Crippen LogP contribution in [0.3, 0.4) is 0 Å². The first-order chi connectivity index (χ1) is 16.5. The number of carboxylic acid groups (broad SMARTS) is 1. The van der Waals surface area contributed by atoms with Crippen LogP contribution in [0.2, 0.25) is 0 Å². The first kappa shape index (κ1) is 22.8. The molecule has 0 spiro atoms. The molecule has 9 nitrogen and oxygen atoms in total. The number of fused-ring (bicyclic) bond motifs is 3. The second-order valence-corrected chi connectivity index (χ2v) is 7.77. The number of benzene rings is 2. The summed E-state index contributed by atoms with van der Waals surface area (Å²) in [4.78, 5) is 35.4. The van der Waals surface area contributed by atoms with Crippen molar-refractivity contribution < 1.29 is 24.2 Å². The zero-order valence-corrected chi connectivity index (χ0v) is 18.5. The van der Waals surface area contributed by atoms with Crippen molar-refractivity contribution in [2.75, 3.05) is 13.2 Å². The van der Waals surface area contributed by atoms with E-state index in [2.05, 4.69) is 27.9 Å². The highest BCUT2D eigenvalue weighted by Gasteiger charge is 2.29. The van der Waals surface area contributed by atoms with Crippen LogP contribution in [0.25, 0.3) is 11.1 Å². The molecule has 1 aromatic heterocycles. The molecule has 0 fully saturated rings. The van der Waals surface area contributed by atoms with Gasteiger partial charge in [-0.05, 0) is 22.3 Å². The summed E-state index contributed by atoms with van der Waals surface area (Å²) in [6.07, 6.45) is 3.17. The molecule has 174 valence electrons. The fraction of sp³-hybridized carbons (Fsp3) is 0.200. The van der Waals surface area contributed by atoms with Gasteiger partial charge in [-0.1, -0.05) is 54.6 Å². The second-order valence-electron chi connectivity index (χ2n) is 7.77. The zero-order valence-electron chi connectivity index (χ0n) is 18.5. The predicted octanol–water partition coefficient (Wildman–Crippen LogP) is 2.83. The summed E-state index contributed by atoms with van der Waals surface area (Å²) in [6.45, 7) is 0.296. The third-order valence-corrected chi connectivity index (χ3v) is 5.64. The van der Waals surface area contributed by atoms with Gasteiger partial charge in [0, 0.05) is 31.1 Å². The molecular weight excluding hydrogens is 436 g/mol. The predicted molar refractivity (Wildman–Crippen MR) is 124 cm³/mol. The minimum Gasteiger partial charge on any atom is -0.478 e. The molecule has 0 atom stereocenters. The minimum absolute atomic E-state index is 0.0447. The van der Waals surface area contributed by atoms with Crippen LogP contribution in [0.15, 0.2) is 66.9 Å². The average molecular weight is 460 g/mol. The van der Waals surface area contributed by atoms with E-state index in [1.165, 1.54) is 17.0 Å². The monoisotopic (exact) mass is 460 g/mol. The Morgan fingerprint density at radius 2 is 1.71 bits per heavy atom. The first-order valence-corrected chi connectivity index (χ1v) is 10.7. The fourth-order valence-electron chi connectivity index (χ4n) is 4.12. The summed E-state index contributed by atoms with van der Waals surface area (Å²) in [5, 5.41) is 18.0. The fourth-order valence-corrected chi connectivity index (χ4v) is 4.12. The highest BCUT2D eigenvalue weighted by molar-refractivity contribution is 5.94. The number of carbonyl (C=O) groups excluding carboxylic acids is 2. The lowest BCUT2D eigenvalue weighted by molar-refractivity contribution is -0.131. The summed E-state index contributed by atoms with van der Waals surface area (Å²) in [6, 6.07) is 16.2. The number of nitrogens with one attached hydrogen (secondary N) is 2. The van der Waals surface area contributed by atoms with Crippen LogP contribution >= 0.6 is 0 Å². The van der Waals surface area contributed by atoms with Crippen molar-refractivity contribution in [1.29, 1.82) is 0 Å². The van der Waals surface area contributed by atoms with Gasteiger partial charge in [0.25, 0.3) is 5.91 Å². The zero-order chi connectivity index (χ0) is 24.1. The molecule has 2 aromatic carbocycles. The van der Waals surface area contributed by atoms with E-state index in [1.54, 1.807) is 7.05 Å². The molecule has 0 aliphatic heterocycles. The Hall–Kier alpha value is -4.40. The number of rotatable bonds is 8. The third kappa shape index (κ3) is 4.83. The van der Waals surface area contributed by atoms with E-state index in [0.29, 0.717) is 5.56 Å². The van der Waals surface area contributed by atoms with E-state index in [-0.39, 0.29) is 31.3 Å². The van der Waals surface area contributed by atoms with Gasteiger partial charge in [0.05, 0.1) is 12.7 Å². The molecule has 0 saturated carbocycles. The lowest BCUT2D eigenvalue weighted by Crippen LogP contribution is -2.29. The van der Waals surface area contributed by atoms with Gasteiger partial charge in [-0.2, -0.15) is 5.10 Å². The Labute approximate surface area is 196 Å². The standard InChI is InChI=1S/C25H24N4O5/c1-29-23(24(32)26-12-6-11-22(30)31)16(14-28-29)13-27-25(33)34-15-21-19-9-4-2-7-17(19)18-8-3-5-10-20(18)21/h2-11,14,21H,12-13,15H2,1H3,(H,26,32)(H,27,33)(H,30,31)/b11-6+. The summed E-state index contributed by atoms with van der Waals surface area (Å²) < 4.78 is 6.92. The highest BCUT2D eigenvalue weighted by atomic mass is 16.5. The van der Waals surface area contributed by atoms with Gasteiger partial charge >= 0.3 is 12.1 Å². The van der Waals surface area contributed by atoms with Crippen molar-refractivity contribution in [2.45, 2.75) is 12.5 Å². The molecule has 4 rings (SSSR count). The van der Waals surface area contributed by atoms with Gasteiger partial charge in [0.15, 0.2) is 0 Å². The van der Waals surface area contributed by atoms with Crippen LogP contribution in [-0.4, -0.2) is 46.0 Å². The van der Waals surface area contributed by atoms with Crippen molar-refractivity contribution in [2.24, 2.45) is 7.05 Å². The lowest BCUT2D eigenvalue weighted by atomic mass is 9.98. The smallest absolute Gasteiger partial charge is 0.407 e. The minimum atomic E-state index is -1.09. The SMILES string of the molecule is Cn1ncc(CNC(=O)OCC2c3ccccc3-c3ccccc32)c1C(=O)NC/C=C/C(=O)O. The molecule has 34 heavy (non-hydrogen) atoms. The molecule has 1 heterocycles. The quantitative estimate of drug-likeness (QED) is 0.444. The number of hydrogen-bond donors (Lipinski definition) is 3. The number of aryl methyl sites for hydroxylation is 1. The topological polar surface area (TPSA) is 123 Å². The highest BCUT2D eigenvalue weighted by Crippen LogP contribution is 2.44. The summed E-state index contributed by atoms with van der Waals surface area (Å²) in [5.41, 5.74) is 5.32. The maximum absolute atomic E-state index is 12.5. The summed E-state index contributed by atoms with van der Waals surface area (Å²) >= 11 is 0. The number of nitrogens with zero attached hydrogens (tertiary/aromatic N) is 2. The van der Waals surface area contributed by atoms with E-state index >= 15 is 0 Å². The van der Waals surface area contributed by atoms with Gasteiger partial charge in [-0.15, -0.1) is 0 Å². The summed E-state index contributed by atoms with van der Waals surface area (Å²) in [7, 11) is 1.61. The van der Waals surface area contributed by atoms with E-state index in [4.69, 9.17) is 9.84 Å². The van der Waals surface area contributed by atoms with Crippen molar-refractivity contribution in [3.63, 3.8) is 0 Å². The third-order valence-electron chi connectivity index (χ3n) is 5.64.